The Kier molecular flexibility index (Phi) is 7.13. The van der Waals surface area contributed by atoms with Crippen molar-refractivity contribution in [3.8, 4) is 39.9 Å². The van der Waals surface area contributed by atoms with Crippen molar-refractivity contribution in [3.05, 3.63) is 41.5 Å². The van der Waals surface area contributed by atoms with Gasteiger partial charge in [0.1, 0.15) is 5.75 Å². The molecule has 3 aromatic rings. The molecular formula is C25H30O6. The maximum absolute atomic E-state index is 10.9. The number of aromatic hydroxyl groups is 1. The standard InChI is InChI=1S/C21H18O6.2C2H6/c1-23-17-6-12-13(7-18(17)24-2)21(22)15-9-25-8-14(15)20(12)11-3-4-16-19(5-11)27-10-26-16;2*1-2/h3-7,22H,8-10H2,1-2H3;2*1-2H3. The molecule has 0 radical (unpaired) electrons. The smallest absolute Gasteiger partial charge is 0.231 e. The molecule has 0 saturated heterocycles. The Morgan fingerprint density at radius 1 is 0.774 bits per heavy atom. The van der Waals surface area contributed by atoms with Crippen LogP contribution in [0.2, 0.25) is 0 Å². The van der Waals surface area contributed by atoms with Crippen molar-refractivity contribution in [1.29, 1.82) is 0 Å². The van der Waals surface area contributed by atoms with Gasteiger partial charge in [-0.25, -0.2) is 0 Å². The second-order valence-corrected chi connectivity index (χ2v) is 6.49. The SMILES string of the molecule is CC.CC.COc1cc2c(O)c3c(c(-c4ccc5c(c4)OCO5)c2cc1OC)COC3. The highest BCUT2D eigenvalue weighted by atomic mass is 16.7. The van der Waals surface area contributed by atoms with Crippen molar-refractivity contribution in [2.24, 2.45) is 0 Å². The Labute approximate surface area is 183 Å². The highest BCUT2D eigenvalue weighted by molar-refractivity contribution is 6.04. The van der Waals surface area contributed by atoms with Crippen molar-refractivity contribution >= 4 is 10.8 Å². The summed E-state index contributed by atoms with van der Waals surface area (Å²) in [6.07, 6.45) is 0. The van der Waals surface area contributed by atoms with Gasteiger partial charge in [-0.3, -0.25) is 0 Å². The summed E-state index contributed by atoms with van der Waals surface area (Å²) in [5.74, 6) is 2.83. The molecule has 0 atom stereocenters. The molecule has 6 heteroatoms. The molecule has 3 aromatic carbocycles. The van der Waals surface area contributed by atoms with Crippen LogP contribution < -0.4 is 18.9 Å². The fraction of sp³-hybridized carbons (Fsp3) is 0.360. The third kappa shape index (κ3) is 3.83. The molecule has 0 fully saturated rings. The molecule has 0 aromatic heterocycles. The summed E-state index contributed by atoms with van der Waals surface area (Å²) in [7, 11) is 3.18. The molecule has 2 aliphatic rings. The summed E-state index contributed by atoms with van der Waals surface area (Å²) in [6.45, 7) is 9.04. The van der Waals surface area contributed by atoms with Crippen molar-refractivity contribution < 1.29 is 28.8 Å². The van der Waals surface area contributed by atoms with Gasteiger partial charge in [-0.15, -0.1) is 0 Å². The average molecular weight is 427 g/mol. The van der Waals surface area contributed by atoms with Crippen molar-refractivity contribution in [3.63, 3.8) is 0 Å². The van der Waals surface area contributed by atoms with E-state index < -0.39 is 0 Å². The first-order valence-corrected chi connectivity index (χ1v) is 10.6. The molecule has 2 heterocycles. The Hall–Kier alpha value is -3.12. The predicted octanol–water partition coefficient (Wildman–Crippen LogP) is 6.04. The third-order valence-electron chi connectivity index (χ3n) is 5.15. The van der Waals surface area contributed by atoms with Gasteiger partial charge in [-0.05, 0) is 46.3 Å². The summed E-state index contributed by atoms with van der Waals surface area (Å²) in [6, 6.07) is 9.56. The lowest BCUT2D eigenvalue weighted by Crippen LogP contribution is -1.96. The number of phenols is 1. The number of methoxy groups -OCH3 is 2. The lowest BCUT2D eigenvalue weighted by Gasteiger charge is -2.17. The average Bonchev–Trinajstić information content (AvgIpc) is 3.50. The van der Waals surface area contributed by atoms with Crippen LogP contribution in [-0.2, 0) is 18.0 Å². The topological polar surface area (TPSA) is 66.4 Å². The van der Waals surface area contributed by atoms with Gasteiger partial charge in [-0.1, -0.05) is 33.8 Å². The van der Waals surface area contributed by atoms with Crippen molar-refractivity contribution in [1.82, 2.24) is 0 Å². The highest BCUT2D eigenvalue weighted by Gasteiger charge is 2.26. The van der Waals surface area contributed by atoms with E-state index in [1.807, 2.05) is 52.0 Å². The van der Waals surface area contributed by atoms with Gasteiger partial charge in [0.05, 0.1) is 27.4 Å². The Morgan fingerprint density at radius 3 is 2.06 bits per heavy atom. The fourth-order valence-electron chi connectivity index (χ4n) is 3.85. The van der Waals surface area contributed by atoms with Crippen LogP contribution in [0.1, 0.15) is 38.8 Å². The largest absolute Gasteiger partial charge is 0.507 e. The van der Waals surface area contributed by atoms with E-state index in [0.717, 1.165) is 33.4 Å². The quantitative estimate of drug-likeness (QED) is 0.551. The molecule has 0 bridgehead atoms. The summed E-state index contributed by atoms with van der Waals surface area (Å²) < 4.78 is 27.5. The summed E-state index contributed by atoms with van der Waals surface area (Å²) >= 11 is 0. The molecule has 1 N–H and O–H groups in total. The first kappa shape index (κ1) is 22.6. The van der Waals surface area contributed by atoms with Crippen LogP contribution in [0.4, 0.5) is 0 Å². The van der Waals surface area contributed by atoms with E-state index in [0.29, 0.717) is 35.8 Å². The van der Waals surface area contributed by atoms with E-state index in [1.54, 1.807) is 20.3 Å². The molecule has 0 amide bonds. The van der Waals surface area contributed by atoms with E-state index in [1.165, 1.54) is 0 Å². The van der Waals surface area contributed by atoms with Gasteiger partial charge in [0, 0.05) is 10.9 Å². The maximum Gasteiger partial charge on any atom is 0.231 e. The minimum absolute atomic E-state index is 0.224. The Balaban J connectivity index is 0.000000645. The highest BCUT2D eigenvalue weighted by Crippen LogP contribution is 2.48. The molecular weight excluding hydrogens is 396 g/mol. The first-order chi connectivity index (χ1) is 15.2. The number of phenolic OH excluding ortho intramolecular Hbond substituents is 1. The van der Waals surface area contributed by atoms with E-state index >= 15 is 0 Å². The molecule has 0 unspecified atom stereocenters. The summed E-state index contributed by atoms with van der Waals surface area (Å²) in [5.41, 5.74) is 3.75. The minimum atomic E-state index is 0.224. The second kappa shape index (κ2) is 9.79. The molecule has 0 saturated carbocycles. The number of rotatable bonds is 3. The number of ether oxygens (including phenoxy) is 5. The zero-order valence-corrected chi connectivity index (χ0v) is 19.0. The van der Waals surface area contributed by atoms with E-state index in [9.17, 15) is 5.11 Å². The maximum atomic E-state index is 10.9. The number of fused-ring (bicyclic) bond motifs is 3. The van der Waals surface area contributed by atoms with Gasteiger partial charge in [0.15, 0.2) is 23.0 Å². The van der Waals surface area contributed by atoms with Gasteiger partial charge in [0.25, 0.3) is 0 Å². The molecule has 0 aliphatic carbocycles. The Bertz CT molecular complexity index is 1070. The fourth-order valence-corrected chi connectivity index (χ4v) is 3.85. The third-order valence-corrected chi connectivity index (χ3v) is 5.15. The summed E-state index contributed by atoms with van der Waals surface area (Å²) in [5, 5.41) is 12.4. The lowest BCUT2D eigenvalue weighted by atomic mass is 9.89. The molecule has 6 nitrogen and oxygen atoms in total. The number of hydrogen-bond acceptors (Lipinski definition) is 6. The number of hydrogen-bond donors (Lipinski definition) is 1. The van der Waals surface area contributed by atoms with Gasteiger partial charge >= 0.3 is 0 Å². The van der Waals surface area contributed by atoms with Crippen LogP contribution in [-0.4, -0.2) is 26.1 Å². The van der Waals surface area contributed by atoms with Crippen LogP contribution in [0.25, 0.3) is 21.9 Å². The van der Waals surface area contributed by atoms with Gasteiger partial charge in [-0.2, -0.15) is 0 Å². The minimum Gasteiger partial charge on any atom is -0.507 e. The van der Waals surface area contributed by atoms with Crippen LogP contribution in [0.5, 0.6) is 28.7 Å². The number of benzene rings is 3. The predicted molar refractivity (Wildman–Crippen MR) is 121 cm³/mol. The van der Waals surface area contributed by atoms with Crippen LogP contribution in [0, 0.1) is 0 Å². The zero-order valence-electron chi connectivity index (χ0n) is 19.0. The van der Waals surface area contributed by atoms with Crippen LogP contribution in [0.15, 0.2) is 30.3 Å². The normalized spacial score (nSPS) is 13.0. The second-order valence-electron chi connectivity index (χ2n) is 6.49. The van der Waals surface area contributed by atoms with Crippen molar-refractivity contribution in [2.45, 2.75) is 40.9 Å². The van der Waals surface area contributed by atoms with Gasteiger partial charge in [0.2, 0.25) is 6.79 Å². The lowest BCUT2D eigenvalue weighted by molar-refractivity contribution is 0.133. The van der Waals surface area contributed by atoms with Crippen LogP contribution >= 0.6 is 0 Å². The van der Waals surface area contributed by atoms with Crippen molar-refractivity contribution in [2.75, 3.05) is 21.0 Å². The molecule has 5 rings (SSSR count). The molecule has 166 valence electrons. The van der Waals surface area contributed by atoms with Gasteiger partial charge < -0.3 is 28.8 Å². The zero-order chi connectivity index (χ0) is 22.5. The Morgan fingerprint density at radius 2 is 1.39 bits per heavy atom. The molecule has 31 heavy (non-hydrogen) atoms. The van der Waals surface area contributed by atoms with Crippen LogP contribution in [0.3, 0.4) is 0 Å². The summed E-state index contributed by atoms with van der Waals surface area (Å²) in [4.78, 5) is 0. The van der Waals surface area contributed by atoms with E-state index in [4.69, 9.17) is 23.7 Å². The molecule has 0 spiro atoms. The first-order valence-electron chi connectivity index (χ1n) is 10.6. The van der Waals surface area contributed by atoms with E-state index in [2.05, 4.69) is 0 Å². The monoisotopic (exact) mass is 426 g/mol. The molecule has 2 aliphatic heterocycles. The van der Waals surface area contributed by atoms with E-state index in [-0.39, 0.29) is 12.5 Å².